The van der Waals surface area contributed by atoms with Gasteiger partial charge in [0.2, 0.25) is 0 Å². The van der Waals surface area contributed by atoms with Crippen LogP contribution in [0.25, 0.3) is 5.57 Å². The quantitative estimate of drug-likeness (QED) is 0.805. The number of allylic oxidation sites excluding steroid dienone is 2. The van der Waals surface area contributed by atoms with Crippen LogP contribution in [0.1, 0.15) is 32.9 Å². The van der Waals surface area contributed by atoms with Gasteiger partial charge in [0.15, 0.2) is 5.78 Å². The normalized spacial score (nSPS) is 15.9. The van der Waals surface area contributed by atoms with Gasteiger partial charge in [-0.25, -0.2) is 0 Å². The first-order valence-electron chi connectivity index (χ1n) is 7.93. The van der Waals surface area contributed by atoms with E-state index in [1.807, 2.05) is 44.1 Å². The number of hydrogen-bond acceptors (Lipinski definition) is 6. The Morgan fingerprint density at radius 3 is 2.44 bits per heavy atom. The summed E-state index contributed by atoms with van der Waals surface area (Å²) < 4.78 is 5.26. The van der Waals surface area contributed by atoms with Gasteiger partial charge in [-0.15, -0.1) is 0 Å². The summed E-state index contributed by atoms with van der Waals surface area (Å²) in [4.78, 5) is 24.0. The van der Waals surface area contributed by atoms with Crippen LogP contribution in [-0.4, -0.2) is 49.0 Å². The number of nitrogens with zero attached hydrogens (tertiary/aromatic N) is 4. The van der Waals surface area contributed by atoms with Gasteiger partial charge in [-0.3, -0.25) is 19.7 Å². The predicted octanol–water partition coefficient (Wildman–Crippen LogP) is 2.91. The highest BCUT2D eigenvalue weighted by molar-refractivity contribution is 6.41. The molecule has 1 aromatic heterocycles. The number of fused-ring (bicyclic) bond motifs is 1. The first kappa shape index (κ1) is 17.0. The molecule has 0 radical (unpaired) electrons. The maximum Gasteiger partial charge on any atom is 0.196 e. The Balaban J connectivity index is 2.33. The molecule has 0 aliphatic heterocycles. The Morgan fingerprint density at radius 1 is 1.20 bits per heavy atom. The summed E-state index contributed by atoms with van der Waals surface area (Å²) >= 11 is 0. The van der Waals surface area contributed by atoms with Gasteiger partial charge in [0, 0.05) is 11.1 Å². The molecular formula is C19H20N4O2. The number of benzene rings is 1. The van der Waals surface area contributed by atoms with Crippen molar-refractivity contribution < 1.29 is 9.32 Å². The summed E-state index contributed by atoms with van der Waals surface area (Å²) in [6, 6.07) is 7.42. The van der Waals surface area contributed by atoms with Crippen LogP contribution in [0, 0.1) is 13.8 Å². The minimum Gasteiger partial charge on any atom is -0.361 e. The largest absolute Gasteiger partial charge is 0.361 e. The molecule has 1 heterocycles. The van der Waals surface area contributed by atoms with E-state index in [0.717, 1.165) is 5.56 Å². The van der Waals surface area contributed by atoms with Gasteiger partial charge in [0.05, 0.1) is 29.2 Å². The van der Waals surface area contributed by atoms with Gasteiger partial charge in [0.25, 0.3) is 0 Å². The SMILES string of the molecule is C=NC1=C(c2c(C)noc2C)C(=O)c2ccccc2C1=NCN(C)C. The number of ketones is 1. The van der Waals surface area contributed by atoms with Gasteiger partial charge < -0.3 is 4.52 Å². The second kappa shape index (κ2) is 6.57. The van der Waals surface area contributed by atoms with Crippen molar-refractivity contribution in [3.63, 3.8) is 0 Å². The van der Waals surface area contributed by atoms with Crippen LogP contribution < -0.4 is 0 Å². The second-order valence-electron chi connectivity index (χ2n) is 6.18. The predicted molar refractivity (Wildman–Crippen MR) is 98.3 cm³/mol. The molecule has 128 valence electrons. The Hall–Kier alpha value is -2.86. The number of aliphatic imine (C=N–C) groups is 2. The summed E-state index contributed by atoms with van der Waals surface area (Å²) in [6.45, 7) is 7.76. The third-order valence-electron chi connectivity index (χ3n) is 4.07. The van der Waals surface area contributed by atoms with E-state index in [9.17, 15) is 4.79 Å². The summed E-state index contributed by atoms with van der Waals surface area (Å²) in [6.07, 6.45) is 0. The second-order valence-corrected chi connectivity index (χ2v) is 6.18. The van der Waals surface area contributed by atoms with E-state index in [4.69, 9.17) is 4.52 Å². The number of rotatable bonds is 4. The van der Waals surface area contributed by atoms with E-state index in [-0.39, 0.29) is 5.78 Å². The van der Waals surface area contributed by atoms with E-state index < -0.39 is 0 Å². The van der Waals surface area contributed by atoms with Crippen molar-refractivity contribution in [2.45, 2.75) is 13.8 Å². The molecule has 2 aromatic rings. The van der Waals surface area contributed by atoms with E-state index in [2.05, 4.69) is 21.9 Å². The third kappa shape index (κ3) is 2.85. The average Bonchev–Trinajstić information content (AvgIpc) is 2.92. The molecule has 6 heteroatoms. The molecule has 0 bridgehead atoms. The molecule has 0 saturated carbocycles. The molecule has 0 spiro atoms. The zero-order valence-corrected chi connectivity index (χ0v) is 14.8. The average molecular weight is 336 g/mol. The molecule has 0 fully saturated rings. The lowest BCUT2D eigenvalue weighted by Crippen LogP contribution is -2.23. The molecule has 1 aliphatic rings. The summed E-state index contributed by atoms with van der Waals surface area (Å²) in [7, 11) is 3.87. The van der Waals surface area contributed by atoms with Gasteiger partial charge in [-0.05, 0) is 34.7 Å². The standard InChI is InChI=1S/C19H20N4O2/c1-11-15(12(2)25-22-11)16-18(20-3)17(21-10-23(4)5)13-8-6-7-9-14(13)19(16)24/h6-9H,3,10H2,1-2,4-5H3. The van der Waals surface area contributed by atoms with E-state index in [1.165, 1.54) is 0 Å². The molecule has 6 nitrogen and oxygen atoms in total. The zero-order chi connectivity index (χ0) is 18.1. The highest BCUT2D eigenvalue weighted by Crippen LogP contribution is 2.36. The lowest BCUT2D eigenvalue weighted by molar-refractivity contribution is 0.105. The Morgan fingerprint density at radius 2 is 1.88 bits per heavy atom. The fourth-order valence-corrected chi connectivity index (χ4v) is 2.97. The van der Waals surface area contributed by atoms with Crippen molar-refractivity contribution in [3.05, 3.63) is 58.1 Å². The number of carbonyl (C=O) groups excluding carboxylic acids is 1. The molecule has 0 atom stereocenters. The van der Waals surface area contributed by atoms with Gasteiger partial charge in [-0.2, -0.15) is 0 Å². The van der Waals surface area contributed by atoms with Gasteiger partial charge >= 0.3 is 0 Å². The van der Waals surface area contributed by atoms with Crippen LogP contribution in [0.4, 0.5) is 0 Å². The highest BCUT2D eigenvalue weighted by Gasteiger charge is 2.34. The minimum atomic E-state index is -0.115. The first-order chi connectivity index (χ1) is 12.0. The third-order valence-corrected chi connectivity index (χ3v) is 4.07. The van der Waals surface area contributed by atoms with E-state index in [0.29, 0.717) is 46.2 Å². The van der Waals surface area contributed by atoms with E-state index in [1.54, 1.807) is 13.0 Å². The molecule has 0 saturated heterocycles. The number of hydrogen-bond donors (Lipinski definition) is 0. The lowest BCUT2D eigenvalue weighted by atomic mass is 9.83. The maximum absolute atomic E-state index is 13.2. The van der Waals surface area contributed by atoms with Gasteiger partial charge in [-0.1, -0.05) is 29.4 Å². The highest BCUT2D eigenvalue weighted by atomic mass is 16.5. The van der Waals surface area contributed by atoms with Crippen LogP contribution in [0.15, 0.2) is 44.5 Å². The number of carbonyl (C=O) groups is 1. The van der Waals surface area contributed by atoms with Crippen molar-refractivity contribution in [2.24, 2.45) is 9.98 Å². The van der Waals surface area contributed by atoms with Crippen LogP contribution in [-0.2, 0) is 0 Å². The molecule has 0 amide bonds. The first-order valence-corrected chi connectivity index (χ1v) is 7.93. The molecule has 0 N–H and O–H groups in total. The van der Waals surface area contributed by atoms with Crippen molar-refractivity contribution in [2.75, 3.05) is 20.8 Å². The van der Waals surface area contributed by atoms with Crippen LogP contribution in [0.5, 0.6) is 0 Å². The monoisotopic (exact) mass is 336 g/mol. The van der Waals surface area contributed by atoms with Crippen LogP contribution >= 0.6 is 0 Å². The zero-order valence-electron chi connectivity index (χ0n) is 14.8. The summed E-state index contributed by atoms with van der Waals surface area (Å²) in [5.41, 5.74) is 4.26. The van der Waals surface area contributed by atoms with Gasteiger partial charge in [0.1, 0.15) is 11.5 Å². The number of aromatic nitrogens is 1. The Kier molecular flexibility index (Phi) is 4.46. The topological polar surface area (TPSA) is 71.1 Å². The number of Topliss-reactive ketones (excluding diaryl/α,β-unsaturated/α-hetero) is 1. The van der Waals surface area contributed by atoms with Crippen molar-refractivity contribution in [3.8, 4) is 0 Å². The maximum atomic E-state index is 13.2. The van der Waals surface area contributed by atoms with E-state index >= 15 is 0 Å². The fourth-order valence-electron chi connectivity index (χ4n) is 2.97. The molecular weight excluding hydrogens is 316 g/mol. The molecule has 1 aromatic carbocycles. The molecule has 0 unspecified atom stereocenters. The Labute approximate surface area is 146 Å². The summed E-state index contributed by atoms with van der Waals surface area (Å²) in [5.74, 6) is 0.463. The minimum absolute atomic E-state index is 0.115. The lowest BCUT2D eigenvalue weighted by Gasteiger charge is -2.22. The molecule has 3 rings (SSSR count). The van der Waals surface area contributed by atoms with Crippen molar-refractivity contribution in [1.29, 1.82) is 0 Å². The smallest absolute Gasteiger partial charge is 0.196 e. The molecule has 25 heavy (non-hydrogen) atoms. The Bertz CT molecular complexity index is 900. The summed E-state index contributed by atoms with van der Waals surface area (Å²) in [5, 5.41) is 3.98. The van der Waals surface area contributed by atoms with Crippen LogP contribution in [0.2, 0.25) is 0 Å². The fraction of sp³-hybridized carbons (Fsp3) is 0.263. The molecule has 1 aliphatic carbocycles. The van der Waals surface area contributed by atoms with Crippen molar-refractivity contribution >= 4 is 23.8 Å². The number of aryl methyl sites for hydroxylation is 2. The van der Waals surface area contributed by atoms with Crippen molar-refractivity contribution in [1.82, 2.24) is 10.1 Å². The van der Waals surface area contributed by atoms with Crippen LogP contribution in [0.3, 0.4) is 0 Å².